The van der Waals surface area contributed by atoms with Gasteiger partial charge in [-0.1, -0.05) is 77.0 Å². The monoisotopic (exact) mass is 446 g/mol. The summed E-state index contributed by atoms with van der Waals surface area (Å²) in [5, 5.41) is 3.78. The minimum absolute atomic E-state index is 0.485. The van der Waals surface area contributed by atoms with E-state index in [9.17, 15) is 0 Å². The van der Waals surface area contributed by atoms with E-state index in [0.29, 0.717) is 6.04 Å². The lowest BCUT2D eigenvalue weighted by Crippen LogP contribution is -2.21. The average molecular weight is 447 g/mol. The largest absolute Gasteiger partial charge is 0.381 e. The lowest BCUT2D eigenvalue weighted by molar-refractivity contribution is 0.460. The quantitative estimate of drug-likeness (QED) is 0.450. The number of nitrogens with one attached hydrogen (secondary N) is 1. The van der Waals surface area contributed by atoms with E-state index in [1.807, 2.05) is 26.3 Å². The Morgan fingerprint density at radius 1 is 0.970 bits per heavy atom. The molecule has 0 spiro atoms. The maximum Gasteiger partial charge on any atom is 0.0422 e. The highest BCUT2D eigenvalue weighted by atomic mass is 14.9. The van der Waals surface area contributed by atoms with Crippen LogP contribution in [0.4, 0.5) is 5.69 Å². The third-order valence-corrected chi connectivity index (χ3v) is 6.64. The van der Waals surface area contributed by atoms with E-state index < -0.39 is 0 Å². The summed E-state index contributed by atoms with van der Waals surface area (Å²) < 4.78 is 0. The first-order valence-corrected chi connectivity index (χ1v) is 13.1. The zero-order valence-corrected chi connectivity index (χ0v) is 21.6. The molecule has 1 aromatic rings. The summed E-state index contributed by atoms with van der Waals surface area (Å²) >= 11 is 0. The van der Waals surface area contributed by atoms with Crippen LogP contribution in [0.25, 0.3) is 5.57 Å². The van der Waals surface area contributed by atoms with Crippen molar-refractivity contribution in [2.24, 2.45) is 10.9 Å². The average Bonchev–Trinajstić information content (AvgIpc) is 2.84. The highest BCUT2D eigenvalue weighted by molar-refractivity contribution is 6.01. The van der Waals surface area contributed by atoms with E-state index in [0.717, 1.165) is 42.7 Å². The molecule has 2 nitrogen and oxygen atoms in total. The normalized spacial score (nSPS) is 24.2. The number of hydrogen-bond acceptors (Lipinski definition) is 2. The van der Waals surface area contributed by atoms with Crippen molar-refractivity contribution in [1.82, 2.24) is 0 Å². The fourth-order valence-electron chi connectivity index (χ4n) is 4.45. The van der Waals surface area contributed by atoms with E-state index in [1.165, 1.54) is 60.9 Å². The molecular formula is C31H46N2. The molecule has 0 aromatic heterocycles. The van der Waals surface area contributed by atoms with Gasteiger partial charge in [-0.3, -0.25) is 4.99 Å². The summed E-state index contributed by atoms with van der Waals surface area (Å²) in [6.45, 7) is 17.2. The van der Waals surface area contributed by atoms with Crippen molar-refractivity contribution in [3.05, 3.63) is 72.0 Å². The molecule has 1 aliphatic carbocycles. The molecule has 33 heavy (non-hydrogen) atoms. The Hall–Kier alpha value is -2.35. The predicted molar refractivity (Wildman–Crippen MR) is 149 cm³/mol. The van der Waals surface area contributed by atoms with Gasteiger partial charge < -0.3 is 5.32 Å². The molecule has 0 saturated carbocycles. The second-order valence-corrected chi connectivity index (χ2v) is 9.51. The minimum Gasteiger partial charge on any atom is -0.381 e. The molecular weight excluding hydrogens is 400 g/mol. The molecule has 2 atom stereocenters. The number of rotatable bonds is 2. The van der Waals surface area contributed by atoms with Crippen molar-refractivity contribution in [2.75, 3.05) is 5.32 Å². The number of aryl methyl sites for hydroxylation is 1. The number of nitrogens with zero attached hydrogens (tertiary/aromatic N) is 1. The number of fused-ring (bicyclic) bond motifs is 2. The topological polar surface area (TPSA) is 24.4 Å². The number of benzene rings is 1. The van der Waals surface area contributed by atoms with Gasteiger partial charge in [-0.15, -0.1) is 0 Å². The summed E-state index contributed by atoms with van der Waals surface area (Å²) in [6, 6.07) is 7.35. The van der Waals surface area contributed by atoms with Crippen molar-refractivity contribution in [1.29, 1.82) is 0 Å². The van der Waals surface area contributed by atoms with E-state index in [4.69, 9.17) is 0 Å². The van der Waals surface area contributed by atoms with Gasteiger partial charge in [0, 0.05) is 29.7 Å². The van der Waals surface area contributed by atoms with Gasteiger partial charge in [-0.05, 0) is 86.6 Å². The second kappa shape index (κ2) is 14.7. The third kappa shape index (κ3) is 9.20. The van der Waals surface area contributed by atoms with Gasteiger partial charge in [-0.2, -0.15) is 0 Å². The van der Waals surface area contributed by atoms with Gasteiger partial charge in [-0.25, -0.2) is 0 Å². The lowest BCUT2D eigenvalue weighted by Gasteiger charge is -2.24. The van der Waals surface area contributed by atoms with E-state index in [1.54, 1.807) is 0 Å². The van der Waals surface area contributed by atoms with E-state index >= 15 is 0 Å². The highest BCUT2D eigenvalue weighted by Crippen LogP contribution is 2.31. The Balaban J connectivity index is 0.00000187. The molecule has 2 aliphatic rings. The zero-order valence-electron chi connectivity index (χ0n) is 21.6. The van der Waals surface area contributed by atoms with Crippen molar-refractivity contribution in [2.45, 2.75) is 97.9 Å². The van der Waals surface area contributed by atoms with Crippen LogP contribution >= 0.6 is 0 Å². The highest BCUT2D eigenvalue weighted by Gasteiger charge is 2.15. The first kappa shape index (κ1) is 26.9. The van der Waals surface area contributed by atoms with Crippen LogP contribution in [0.15, 0.2) is 65.8 Å². The molecule has 2 heteroatoms. The molecule has 180 valence electrons. The lowest BCUT2D eigenvalue weighted by atomic mass is 9.93. The molecule has 1 N–H and O–H groups in total. The number of anilines is 1. The Kier molecular flexibility index (Phi) is 12.0. The first-order valence-electron chi connectivity index (χ1n) is 13.1. The van der Waals surface area contributed by atoms with Crippen LogP contribution in [-0.2, 0) is 6.42 Å². The van der Waals surface area contributed by atoms with Crippen molar-refractivity contribution >= 4 is 17.5 Å². The molecule has 2 unspecified atom stereocenters. The minimum atomic E-state index is 0.485. The van der Waals surface area contributed by atoms with Gasteiger partial charge in [0.25, 0.3) is 0 Å². The fraction of sp³-hybridized carbons (Fsp3) is 0.516. The molecule has 0 amide bonds. The summed E-state index contributed by atoms with van der Waals surface area (Å²) in [4.78, 5) is 4.57. The zero-order chi connectivity index (χ0) is 24.1. The van der Waals surface area contributed by atoms with E-state index in [2.05, 4.69) is 67.7 Å². The van der Waals surface area contributed by atoms with Crippen LogP contribution in [0, 0.1) is 5.92 Å². The first-order chi connectivity index (χ1) is 16.0. The van der Waals surface area contributed by atoms with Crippen LogP contribution in [0.1, 0.15) is 96.6 Å². The summed E-state index contributed by atoms with van der Waals surface area (Å²) in [5.41, 5.74) is 6.90. The third-order valence-electron chi connectivity index (χ3n) is 6.64. The molecule has 0 saturated heterocycles. The summed E-state index contributed by atoms with van der Waals surface area (Å²) in [5.74, 6) is 0.782. The summed E-state index contributed by atoms with van der Waals surface area (Å²) in [7, 11) is 0. The van der Waals surface area contributed by atoms with Crippen LogP contribution in [0.3, 0.4) is 0 Å². The van der Waals surface area contributed by atoms with Crippen molar-refractivity contribution < 1.29 is 0 Å². The smallest absolute Gasteiger partial charge is 0.0422 e. The van der Waals surface area contributed by atoms with Gasteiger partial charge in [0.2, 0.25) is 0 Å². The van der Waals surface area contributed by atoms with Crippen molar-refractivity contribution in [3.63, 3.8) is 0 Å². The maximum atomic E-state index is 4.57. The molecule has 0 radical (unpaired) electrons. The van der Waals surface area contributed by atoms with Crippen LogP contribution in [-0.4, -0.2) is 12.3 Å². The molecule has 3 rings (SSSR count). The molecule has 1 aromatic carbocycles. The van der Waals surface area contributed by atoms with Gasteiger partial charge in [0.05, 0.1) is 0 Å². The Morgan fingerprint density at radius 2 is 1.79 bits per heavy atom. The molecule has 0 fully saturated rings. The predicted octanol–water partition coefficient (Wildman–Crippen LogP) is 9.31. The molecule has 1 heterocycles. The van der Waals surface area contributed by atoms with E-state index in [-0.39, 0.29) is 0 Å². The second-order valence-electron chi connectivity index (χ2n) is 9.51. The summed E-state index contributed by atoms with van der Waals surface area (Å²) in [6.07, 6.45) is 20.5. The van der Waals surface area contributed by atoms with Gasteiger partial charge >= 0.3 is 0 Å². The van der Waals surface area contributed by atoms with Gasteiger partial charge in [0.15, 0.2) is 0 Å². The number of hydrogen-bond donors (Lipinski definition) is 1. The maximum absolute atomic E-state index is 4.57. The Bertz CT molecular complexity index is 856. The van der Waals surface area contributed by atoms with Gasteiger partial charge in [0.1, 0.15) is 0 Å². The van der Waals surface area contributed by atoms with Crippen LogP contribution < -0.4 is 5.32 Å². The Morgan fingerprint density at radius 3 is 2.55 bits per heavy atom. The van der Waals surface area contributed by atoms with Crippen molar-refractivity contribution in [3.8, 4) is 0 Å². The fourth-order valence-corrected chi connectivity index (χ4v) is 4.45. The van der Waals surface area contributed by atoms with Crippen LogP contribution in [0.5, 0.6) is 0 Å². The number of aliphatic imine (C=N–C) groups is 1. The Labute approximate surface area is 203 Å². The molecule has 2 bridgehead atoms. The standard InChI is InChI=1S/C29H40N2.C2H6/c1-22-11-7-5-8-12-26-17-18-29(31-27-13-9-6-10-14-27)28(19-26)25(4)24(3)21-30-20-23(2)16-15-22;1-2/h6,9,17-22,27,31H,3-5,7-8,10-16H2,1-2H3;1-2H3/b23-20+,30-21?;. The SMILES string of the molecule is C=C1C=N/C=C(\C)CCC(C)CCCCCc2ccc(NC3CC=CCC3)c(c2)C1=C.CC. The molecule has 1 aliphatic heterocycles. The number of allylic oxidation sites excluding steroid dienone is 4. The van der Waals surface area contributed by atoms with Crippen LogP contribution in [0.2, 0.25) is 0 Å².